The lowest BCUT2D eigenvalue weighted by Crippen LogP contribution is -2.05. The smallest absolute Gasteiger partial charge is 0.271 e. The Kier molecular flexibility index (Phi) is 3.99. The van der Waals surface area contributed by atoms with E-state index in [0.717, 1.165) is 11.3 Å². The first-order valence-corrected chi connectivity index (χ1v) is 6.09. The maximum atomic E-state index is 10.9. The summed E-state index contributed by atoms with van der Waals surface area (Å²) >= 11 is 0. The van der Waals surface area contributed by atoms with Crippen LogP contribution in [0.2, 0.25) is 0 Å². The number of hydrogen-bond acceptors (Lipinski definition) is 5. The molecule has 106 valence electrons. The van der Waals surface area contributed by atoms with Crippen molar-refractivity contribution < 1.29 is 9.66 Å². The quantitative estimate of drug-likeness (QED) is 0.665. The number of nitro groups is 1. The lowest BCUT2D eigenvalue weighted by Gasteiger charge is -2.07. The van der Waals surface area contributed by atoms with Gasteiger partial charge in [-0.25, -0.2) is 4.68 Å². The third-order valence-corrected chi connectivity index (χ3v) is 2.99. The Hall–Kier alpha value is -2.41. The molecular formula is C13H16N4O3. The molecule has 0 bridgehead atoms. The van der Waals surface area contributed by atoms with Crippen LogP contribution in [0.1, 0.15) is 11.3 Å². The van der Waals surface area contributed by atoms with Crippen LogP contribution in [-0.2, 0) is 6.54 Å². The Morgan fingerprint density at radius 1 is 1.50 bits per heavy atom. The van der Waals surface area contributed by atoms with Crippen LogP contribution >= 0.6 is 0 Å². The minimum absolute atomic E-state index is 0.00381. The standard InChI is InChI=1S/C13H16N4O3/c1-9-10(7-14-2)8-16(15-9)12-6-11(17(18)19)4-5-13(12)20-3/h4-6,8,14H,7H2,1-3H3. The molecule has 1 aromatic carbocycles. The molecule has 7 nitrogen and oxygen atoms in total. The van der Waals surface area contributed by atoms with Crippen LogP contribution in [0.4, 0.5) is 5.69 Å². The highest BCUT2D eigenvalue weighted by Gasteiger charge is 2.15. The van der Waals surface area contributed by atoms with Crippen molar-refractivity contribution >= 4 is 5.69 Å². The number of ether oxygens (including phenoxy) is 1. The topological polar surface area (TPSA) is 82.2 Å². The predicted octanol–water partition coefficient (Wildman–Crippen LogP) is 1.82. The molecule has 0 unspecified atom stereocenters. The Balaban J connectivity index is 2.52. The van der Waals surface area contributed by atoms with Crippen molar-refractivity contribution in [2.45, 2.75) is 13.5 Å². The average Bonchev–Trinajstić information content (AvgIpc) is 2.80. The lowest BCUT2D eigenvalue weighted by atomic mass is 10.2. The molecule has 0 atom stereocenters. The molecule has 0 aliphatic carbocycles. The molecule has 0 saturated heterocycles. The van der Waals surface area contributed by atoms with Gasteiger partial charge in [-0.3, -0.25) is 10.1 Å². The van der Waals surface area contributed by atoms with E-state index in [1.807, 2.05) is 20.2 Å². The SMILES string of the molecule is CNCc1cn(-c2cc([N+](=O)[O-])ccc2OC)nc1C. The number of methoxy groups -OCH3 is 1. The number of rotatable bonds is 5. The van der Waals surface area contributed by atoms with E-state index in [1.165, 1.54) is 19.2 Å². The number of aryl methyl sites for hydroxylation is 1. The fourth-order valence-corrected chi connectivity index (χ4v) is 1.95. The average molecular weight is 276 g/mol. The van der Waals surface area contributed by atoms with Crippen LogP contribution in [0.5, 0.6) is 5.75 Å². The number of hydrogen-bond donors (Lipinski definition) is 1. The van der Waals surface area contributed by atoms with Gasteiger partial charge >= 0.3 is 0 Å². The highest BCUT2D eigenvalue weighted by molar-refractivity contribution is 5.53. The molecule has 0 radical (unpaired) electrons. The second kappa shape index (κ2) is 5.70. The van der Waals surface area contributed by atoms with Gasteiger partial charge < -0.3 is 10.1 Å². The van der Waals surface area contributed by atoms with E-state index in [0.29, 0.717) is 18.0 Å². The largest absolute Gasteiger partial charge is 0.494 e. The Morgan fingerprint density at radius 3 is 2.85 bits per heavy atom. The summed E-state index contributed by atoms with van der Waals surface area (Å²) < 4.78 is 6.85. The van der Waals surface area contributed by atoms with Gasteiger partial charge in [-0.2, -0.15) is 5.10 Å². The van der Waals surface area contributed by atoms with Crippen LogP contribution in [-0.4, -0.2) is 28.9 Å². The van der Waals surface area contributed by atoms with Crippen molar-refractivity contribution in [3.8, 4) is 11.4 Å². The van der Waals surface area contributed by atoms with Gasteiger partial charge in [-0.15, -0.1) is 0 Å². The molecule has 2 aromatic rings. The zero-order valence-corrected chi connectivity index (χ0v) is 11.6. The molecule has 7 heteroatoms. The monoisotopic (exact) mass is 276 g/mol. The third-order valence-electron chi connectivity index (χ3n) is 2.99. The molecule has 1 aromatic heterocycles. The molecular weight excluding hydrogens is 260 g/mol. The first-order valence-electron chi connectivity index (χ1n) is 6.09. The number of non-ortho nitro benzene ring substituents is 1. The van der Waals surface area contributed by atoms with Crippen LogP contribution in [0.15, 0.2) is 24.4 Å². The second-order valence-corrected chi connectivity index (χ2v) is 4.33. The molecule has 0 amide bonds. The minimum Gasteiger partial charge on any atom is -0.494 e. The van der Waals surface area contributed by atoms with Crippen molar-refractivity contribution in [3.05, 3.63) is 45.8 Å². The maximum absolute atomic E-state index is 10.9. The van der Waals surface area contributed by atoms with E-state index in [9.17, 15) is 10.1 Å². The Labute approximate surface area is 116 Å². The van der Waals surface area contributed by atoms with Gasteiger partial charge in [0.05, 0.1) is 17.7 Å². The van der Waals surface area contributed by atoms with Gasteiger partial charge in [-0.1, -0.05) is 0 Å². The third kappa shape index (κ3) is 2.62. The number of nitro benzene ring substituents is 1. The number of benzene rings is 1. The van der Waals surface area contributed by atoms with E-state index < -0.39 is 4.92 Å². The summed E-state index contributed by atoms with van der Waals surface area (Å²) in [7, 11) is 3.38. The van der Waals surface area contributed by atoms with Gasteiger partial charge in [0.25, 0.3) is 5.69 Å². The van der Waals surface area contributed by atoms with Crippen LogP contribution < -0.4 is 10.1 Å². The number of nitrogens with one attached hydrogen (secondary N) is 1. The van der Waals surface area contributed by atoms with Crippen molar-refractivity contribution in [1.29, 1.82) is 0 Å². The van der Waals surface area contributed by atoms with Crippen molar-refractivity contribution in [2.24, 2.45) is 0 Å². The van der Waals surface area contributed by atoms with Gasteiger partial charge in [0.2, 0.25) is 0 Å². The summed E-state index contributed by atoms with van der Waals surface area (Å²) in [6, 6.07) is 4.43. The Morgan fingerprint density at radius 2 is 2.25 bits per heavy atom. The molecule has 20 heavy (non-hydrogen) atoms. The van der Waals surface area contributed by atoms with E-state index in [2.05, 4.69) is 10.4 Å². The molecule has 2 rings (SSSR count). The number of aromatic nitrogens is 2. The van der Waals surface area contributed by atoms with E-state index in [1.54, 1.807) is 10.7 Å². The van der Waals surface area contributed by atoms with Gasteiger partial charge in [0.15, 0.2) is 0 Å². The highest BCUT2D eigenvalue weighted by Crippen LogP contribution is 2.27. The molecule has 0 aliphatic heterocycles. The fraction of sp³-hybridized carbons (Fsp3) is 0.308. The second-order valence-electron chi connectivity index (χ2n) is 4.33. The predicted molar refractivity (Wildman–Crippen MR) is 74.3 cm³/mol. The van der Waals surface area contributed by atoms with Gasteiger partial charge in [-0.05, 0) is 20.0 Å². The maximum Gasteiger partial charge on any atom is 0.271 e. The molecule has 1 heterocycles. The normalized spacial score (nSPS) is 10.6. The van der Waals surface area contributed by atoms with Crippen molar-refractivity contribution in [2.75, 3.05) is 14.2 Å². The summed E-state index contributed by atoms with van der Waals surface area (Å²) in [5.41, 5.74) is 2.45. The number of nitrogens with zero attached hydrogens (tertiary/aromatic N) is 3. The molecule has 0 aliphatic rings. The van der Waals surface area contributed by atoms with Crippen molar-refractivity contribution in [1.82, 2.24) is 15.1 Å². The van der Waals surface area contributed by atoms with Crippen molar-refractivity contribution in [3.63, 3.8) is 0 Å². The summed E-state index contributed by atoms with van der Waals surface area (Å²) in [6.45, 7) is 2.58. The molecule has 0 spiro atoms. The molecule has 0 fully saturated rings. The van der Waals surface area contributed by atoms with Crippen LogP contribution in [0.25, 0.3) is 5.69 Å². The van der Waals surface area contributed by atoms with E-state index in [4.69, 9.17) is 4.74 Å². The summed E-state index contributed by atoms with van der Waals surface area (Å²) in [5.74, 6) is 0.536. The first-order chi connectivity index (χ1) is 9.56. The van der Waals surface area contributed by atoms with Gasteiger partial charge in [0.1, 0.15) is 11.4 Å². The van der Waals surface area contributed by atoms with E-state index in [-0.39, 0.29) is 5.69 Å². The molecule has 1 N–H and O–H groups in total. The van der Waals surface area contributed by atoms with Crippen LogP contribution in [0.3, 0.4) is 0 Å². The lowest BCUT2D eigenvalue weighted by molar-refractivity contribution is -0.384. The van der Waals surface area contributed by atoms with Gasteiger partial charge in [0, 0.05) is 30.4 Å². The van der Waals surface area contributed by atoms with E-state index >= 15 is 0 Å². The zero-order chi connectivity index (χ0) is 14.7. The minimum atomic E-state index is -0.437. The highest BCUT2D eigenvalue weighted by atomic mass is 16.6. The zero-order valence-electron chi connectivity index (χ0n) is 11.6. The molecule has 0 saturated carbocycles. The first kappa shape index (κ1) is 14.0. The Bertz CT molecular complexity index is 637. The van der Waals surface area contributed by atoms with Crippen LogP contribution in [0, 0.1) is 17.0 Å². The summed E-state index contributed by atoms with van der Waals surface area (Å²) in [4.78, 5) is 10.4. The summed E-state index contributed by atoms with van der Waals surface area (Å²) in [6.07, 6.45) is 1.84. The summed E-state index contributed by atoms with van der Waals surface area (Å²) in [5, 5.41) is 18.3. The fourth-order valence-electron chi connectivity index (χ4n) is 1.95.